The smallest absolute Gasteiger partial charge is 0.325 e. The third kappa shape index (κ3) is 7.48. The van der Waals surface area contributed by atoms with E-state index < -0.39 is 17.8 Å². The molecule has 2 aliphatic heterocycles. The number of likely N-dealkylation sites (N-methyl/N-ethyl adjacent to an activating group) is 1. The predicted octanol–water partition coefficient (Wildman–Crippen LogP) is 5.33. The van der Waals surface area contributed by atoms with E-state index in [4.69, 9.17) is 9.72 Å². The fourth-order valence-electron chi connectivity index (χ4n) is 6.06. The number of unbranched alkanes of at least 4 members (excludes halogenated alkanes) is 2. The monoisotopic (exact) mass is 540 g/mol. The number of aryl methyl sites for hydroxylation is 2. The van der Waals surface area contributed by atoms with Crippen LogP contribution in [0.4, 0.5) is 10.2 Å². The van der Waals surface area contributed by atoms with Crippen LogP contribution in [0.1, 0.15) is 74.4 Å². The van der Waals surface area contributed by atoms with E-state index in [1.54, 1.807) is 0 Å². The largest absolute Gasteiger partial charge is 0.493 e. The first-order valence-corrected chi connectivity index (χ1v) is 14.5. The molecule has 2 N–H and O–H groups in total. The number of carboxylic acid groups (broad SMARTS) is 1. The zero-order valence-corrected chi connectivity index (χ0v) is 24.0. The normalized spacial score (nSPS) is 18.3. The second-order valence-corrected chi connectivity index (χ2v) is 11.6. The summed E-state index contributed by atoms with van der Waals surface area (Å²) < 4.78 is 20.3. The Morgan fingerprint density at radius 2 is 2.10 bits per heavy atom. The number of carboxylic acids is 1. The number of nitrogens with one attached hydrogen (secondary N) is 1. The highest BCUT2D eigenvalue weighted by atomic mass is 19.1. The van der Waals surface area contributed by atoms with Gasteiger partial charge in [0.1, 0.15) is 11.9 Å². The maximum Gasteiger partial charge on any atom is 0.325 e. The zero-order chi connectivity index (χ0) is 27.9. The lowest BCUT2D eigenvalue weighted by Gasteiger charge is -2.29. The highest BCUT2D eigenvalue weighted by molar-refractivity contribution is 5.77. The van der Waals surface area contributed by atoms with Gasteiger partial charge in [-0.3, -0.25) is 9.69 Å². The number of benzene rings is 1. The fourth-order valence-corrected chi connectivity index (χ4v) is 6.06. The number of methoxy groups -OCH3 is 1. The summed E-state index contributed by atoms with van der Waals surface area (Å²) in [5.74, 6) is -0.0211. The van der Waals surface area contributed by atoms with Crippen LogP contribution in [0.2, 0.25) is 0 Å². The number of pyridine rings is 1. The summed E-state index contributed by atoms with van der Waals surface area (Å²) in [7, 11) is 3.53. The van der Waals surface area contributed by atoms with Gasteiger partial charge in [-0.15, -0.1) is 0 Å². The predicted molar refractivity (Wildman–Crippen MR) is 153 cm³/mol. The lowest BCUT2D eigenvalue weighted by Crippen LogP contribution is -2.38. The summed E-state index contributed by atoms with van der Waals surface area (Å²) in [6.45, 7) is 7.41. The van der Waals surface area contributed by atoms with Gasteiger partial charge in [0.05, 0.1) is 7.11 Å². The van der Waals surface area contributed by atoms with Crippen molar-refractivity contribution in [3.05, 3.63) is 52.5 Å². The Labute approximate surface area is 232 Å². The average Bonchev–Trinajstić information content (AvgIpc) is 3.37. The van der Waals surface area contributed by atoms with Crippen molar-refractivity contribution in [3.8, 4) is 5.75 Å². The topological polar surface area (TPSA) is 77.9 Å². The van der Waals surface area contributed by atoms with Crippen molar-refractivity contribution >= 4 is 11.8 Å². The van der Waals surface area contributed by atoms with E-state index in [0.29, 0.717) is 31.0 Å². The van der Waals surface area contributed by atoms with Gasteiger partial charge in [0.2, 0.25) is 0 Å². The molecule has 2 aromatic rings. The number of rotatable bonds is 13. The van der Waals surface area contributed by atoms with Gasteiger partial charge >= 0.3 is 5.97 Å². The van der Waals surface area contributed by atoms with Gasteiger partial charge in [-0.2, -0.15) is 0 Å². The molecule has 0 saturated carbocycles. The molecule has 4 rings (SSSR count). The van der Waals surface area contributed by atoms with Gasteiger partial charge in [-0.05, 0) is 93.8 Å². The molecule has 0 bridgehead atoms. The van der Waals surface area contributed by atoms with Crippen LogP contribution in [0.15, 0.2) is 24.3 Å². The van der Waals surface area contributed by atoms with E-state index in [9.17, 15) is 14.3 Å². The number of likely N-dealkylation sites (tertiary alicyclic amines) is 1. The molecule has 1 fully saturated rings. The molecule has 8 heteroatoms. The van der Waals surface area contributed by atoms with Crippen molar-refractivity contribution < 1.29 is 19.0 Å². The lowest BCUT2D eigenvalue weighted by molar-refractivity contribution is -0.143. The van der Waals surface area contributed by atoms with Crippen LogP contribution in [0.3, 0.4) is 0 Å². The number of fused-ring (bicyclic) bond motifs is 1. The summed E-state index contributed by atoms with van der Waals surface area (Å²) in [6.07, 6.45) is 8.19. The Morgan fingerprint density at radius 1 is 1.28 bits per heavy atom. The number of carbonyl (C=O) groups is 1. The van der Waals surface area contributed by atoms with Gasteiger partial charge in [-0.25, -0.2) is 9.37 Å². The quantitative estimate of drug-likeness (QED) is 0.333. The molecule has 7 nitrogen and oxygen atoms in total. The Bertz CT molecular complexity index is 1130. The van der Waals surface area contributed by atoms with Crippen molar-refractivity contribution in [3.63, 3.8) is 0 Å². The number of hydrogen-bond donors (Lipinski definition) is 2. The summed E-state index contributed by atoms with van der Waals surface area (Å²) >= 11 is 0. The molecule has 2 atom stereocenters. The molecule has 0 spiro atoms. The molecule has 1 aromatic heterocycles. The highest BCUT2D eigenvalue weighted by Crippen LogP contribution is 2.36. The van der Waals surface area contributed by atoms with E-state index in [0.717, 1.165) is 68.7 Å². The molecule has 0 radical (unpaired) electrons. The maximum absolute atomic E-state index is 14.9. The minimum Gasteiger partial charge on any atom is -0.493 e. The fraction of sp³-hybridized carbons (Fsp3) is 0.613. The van der Waals surface area contributed by atoms with Crippen LogP contribution in [-0.2, 0) is 24.1 Å². The standard InChI is InChI=1S/C31H45FN4O3/c1-21(2)17-22-18-26(29(39-4)27(32)19-22)28(31(37)38)36-16-13-25(20-36)35(3)15-7-5-6-10-24-12-11-23-9-8-14-33-30(23)34-24/h11-12,18-19,21,25,28H,5-10,13-17,20H2,1-4H3,(H,33,34)(H,37,38)/t25-,28-/m1/s1. The number of halogens is 1. The van der Waals surface area contributed by atoms with Crippen LogP contribution in [0, 0.1) is 11.7 Å². The van der Waals surface area contributed by atoms with Gasteiger partial charge in [-0.1, -0.05) is 26.3 Å². The molecule has 0 aliphatic carbocycles. The van der Waals surface area contributed by atoms with Crippen molar-refractivity contribution in [1.29, 1.82) is 0 Å². The Hall–Kier alpha value is -2.71. The van der Waals surface area contributed by atoms with E-state index in [1.165, 1.54) is 25.2 Å². The molecule has 1 aromatic carbocycles. The second kappa shape index (κ2) is 13.6. The maximum atomic E-state index is 14.9. The number of aliphatic carboxylic acids is 1. The van der Waals surface area contributed by atoms with Crippen molar-refractivity contribution in [2.24, 2.45) is 5.92 Å². The molecule has 0 amide bonds. The number of anilines is 1. The summed E-state index contributed by atoms with van der Waals surface area (Å²) in [5.41, 5.74) is 3.70. The first kappa shape index (κ1) is 29.3. The van der Waals surface area contributed by atoms with Crippen LogP contribution < -0.4 is 10.1 Å². The van der Waals surface area contributed by atoms with E-state index >= 15 is 0 Å². The minimum absolute atomic E-state index is 0.0379. The summed E-state index contributed by atoms with van der Waals surface area (Å²) in [6, 6.07) is 7.03. The van der Waals surface area contributed by atoms with Gasteiger partial charge in [0, 0.05) is 36.9 Å². The zero-order valence-electron chi connectivity index (χ0n) is 24.0. The van der Waals surface area contributed by atoms with Crippen molar-refractivity contribution in [1.82, 2.24) is 14.8 Å². The first-order valence-electron chi connectivity index (χ1n) is 14.5. The number of aromatic nitrogens is 1. The van der Waals surface area contributed by atoms with Crippen molar-refractivity contribution in [2.75, 3.05) is 45.7 Å². The molecule has 1 saturated heterocycles. The Kier molecular flexibility index (Phi) is 10.2. The van der Waals surface area contributed by atoms with E-state index in [2.05, 4.69) is 43.2 Å². The van der Waals surface area contributed by atoms with Crippen LogP contribution in [-0.4, -0.2) is 72.2 Å². The SMILES string of the molecule is COc1c(F)cc(CC(C)C)cc1[C@H](C(=O)O)N1CC[C@@H](N(C)CCCCCc2ccc3c(n2)NCCC3)C1. The molecule has 0 unspecified atom stereocenters. The average molecular weight is 541 g/mol. The summed E-state index contributed by atoms with van der Waals surface area (Å²) in [5, 5.41) is 13.6. The third-order valence-corrected chi connectivity index (χ3v) is 8.09. The molecule has 2 aliphatic rings. The van der Waals surface area contributed by atoms with Gasteiger partial charge in [0.15, 0.2) is 11.6 Å². The van der Waals surface area contributed by atoms with Gasteiger partial charge in [0.25, 0.3) is 0 Å². The molecular weight excluding hydrogens is 495 g/mol. The van der Waals surface area contributed by atoms with E-state index in [-0.39, 0.29) is 11.8 Å². The Balaban J connectivity index is 1.30. The van der Waals surface area contributed by atoms with Crippen LogP contribution >= 0.6 is 0 Å². The number of nitrogens with zero attached hydrogens (tertiary/aromatic N) is 3. The Morgan fingerprint density at radius 3 is 2.85 bits per heavy atom. The van der Waals surface area contributed by atoms with Crippen molar-refractivity contribution in [2.45, 2.75) is 77.3 Å². The molecule has 214 valence electrons. The number of hydrogen-bond acceptors (Lipinski definition) is 6. The lowest BCUT2D eigenvalue weighted by atomic mass is 9.96. The highest BCUT2D eigenvalue weighted by Gasteiger charge is 2.37. The molecule has 3 heterocycles. The van der Waals surface area contributed by atoms with E-state index in [1.807, 2.05) is 11.0 Å². The van der Waals surface area contributed by atoms with Crippen LogP contribution in [0.5, 0.6) is 5.75 Å². The summed E-state index contributed by atoms with van der Waals surface area (Å²) in [4.78, 5) is 21.6. The number of ether oxygens (including phenoxy) is 1. The molecule has 39 heavy (non-hydrogen) atoms. The first-order chi connectivity index (χ1) is 18.8. The second-order valence-electron chi connectivity index (χ2n) is 11.6. The van der Waals surface area contributed by atoms with Crippen LogP contribution in [0.25, 0.3) is 0 Å². The minimum atomic E-state index is -0.969. The van der Waals surface area contributed by atoms with Gasteiger partial charge < -0.3 is 20.1 Å². The third-order valence-electron chi connectivity index (χ3n) is 8.09. The molecular formula is C31H45FN4O3.